The van der Waals surface area contributed by atoms with E-state index in [9.17, 15) is 4.79 Å². The summed E-state index contributed by atoms with van der Waals surface area (Å²) in [4.78, 5) is 14.1. The number of likely N-dealkylation sites (N-methyl/N-ethyl adjacent to an activating group) is 1. The van der Waals surface area contributed by atoms with Gasteiger partial charge in [0.25, 0.3) is 0 Å². The van der Waals surface area contributed by atoms with Crippen molar-refractivity contribution in [3.05, 3.63) is 0 Å². The SMILES string of the molecule is CCN1CCOC(CNC(=O)CCNC(C)(C)C)C1. The number of morpholine rings is 1. The third-order valence-electron chi connectivity index (χ3n) is 3.20. The lowest BCUT2D eigenvalue weighted by molar-refractivity contribution is -0.122. The molecule has 1 aliphatic rings. The maximum Gasteiger partial charge on any atom is 0.221 e. The zero-order chi connectivity index (χ0) is 14.3. The summed E-state index contributed by atoms with van der Waals surface area (Å²) in [6.07, 6.45) is 0.648. The van der Waals surface area contributed by atoms with E-state index in [1.165, 1.54) is 0 Å². The molecule has 1 heterocycles. The van der Waals surface area contributed by atoms with Crippen LogP contribution in [-0.4, -0.2) is 61.8 Å². The molecule has 1 aliphatic heterocycles. The molecule has 1 amide bonds. The standard InChI is InChI=1S/C14H29N3O2/c1-5-17-8-9-19-12(11-17)10-15-13(18)6-7-16-14(2,3)4/h12,16H,5-11H2,1-4H3,(H,15,18). The van der Waals surface area contributed by atoms with Gasteiger partial charge < -0.3 is 15.4 Å². The Kier molecular flexibility index (Phi) is 6.75. The van der Waals surface area contributed by atoms with Crippen molar-refractivity contribution in [3.63, 3.8) is 0 Å². The van der Waals surface area contributed by atoms with E-state index in [0.29, 0.717) is 19.5 Å². The number of amides is 1. The number of carbonyl (C=O) groups is 1. The Balaban J connectivity index is 2.12. The smallest absolute Gasteiger partial charge is 0.221 e. The molecule has 0 spiro atoms. The highest BCUT2D eigenvalue weighted by atomic mass is 16.5. The van der Waals surface area contributed by atoms with Gasteiger partial charge in [-0.2, -0.15) is 0 Å². The van der Waals surface area contributed by atoms with Gasteiger partial charge in [0.1, 0.15) is 0 Å². The van der Waals surface area contributed by atoms with Crippen molar-refractivity contribution in [1.29, 1.82) is 0 Å². The summed E-state index contributed by atoms with van der Waals surface area (Å²) in [6, 6.07) is 0. The Morgan fingerprint density at radius 1 is 1.42 bits per heavy atom. The molecule has 1 fully saturated rings. The first-order chi connectivity index (χ1) is 8.90. The van der Waals surface area contributed by atoms with E-state index in [4.69, 9.17) is 4.74 Å². The molecular weight excluding hydrogens is 242 g/mol. The second-order valence-electron chi connectivity index (χ2n) is 6.12. The number of ether oxygens (including phenoxy) is 1. The second-order valence-corrected chi connectivity index (χ2v) is 6.12. The topological polar surface area (TPSA) is 53.6 Å². The zero-order valence-corrected chi connectivity index (χ0v) is 12.8. The van der Waals surface area contributed by atoms with Crippen molar-refractivity contribution in [2.24, 2.45) is 0 Å². The molecule has 0 aromatic carbocycles. The molecule has 1 rings (SSSR count). The van der Waals surface area contributed by atoms with Crippen LogP contribution in [0.15, 0.2) is 0 Å². The molecule has 1 saturated heterocycles. The van der Waals surface area contributed by atoms with Gasteiger partial charge in [-0.05, 0) is 27.3 Å². The van der Waals surface area contributed by atoms with Gasteiger partial charge in [-0.25, -0.2) is 0 Å². The molecule has 0 aliphatic carbocycles. The fraction of sp³-hybridized carbons (Fsp3) is 0.929. The summed E-state index contributed by atoms with van der Waals surface area (Å²) < 4.78 is 5.65. The Hall–Kier alpha value is -0.650. The first kappa shape index (κ1) is 16.4. The van der Waals surface area contributed by atoms with Gasteiger partial charge >= 0.3 is 0 Å². The molecule has 19 heavy (non-hydrogen) atoms. The van der Waals surface area contributed by atoms with Gasteiger partial charge in [-0.15, -0.1) is 0 Å². The van der Waals surface area contributed by atoms with Crippen LogP contribution in [0.5, 0.6) is 0 Å². The first-order valence-electron chi connectivity index (χ1n) is 7.26. The fourth-order valence-corrected chi connectivity index (χ4v) is 2.06. The van der Waals surface area contributed by atoms with E-state index in [0.717, 1.165) is 26.2 Å². The molecule has 5 heteroatoms. The molecule has 5 nitrogen and oxygen atoms in total. The minimum Gasteiger partial charge on any atom is -0.374 e. The number of carbonyl (C=O) groups excluding carboxylic acids is 1. The summed E-state index contributed by atoms with van der Waals surface area (Å²) in [6.45, 7) is 13.5. The average molecular weight is 271 g/mol. The Bertz CT molecular complexity index is 276. The lowest BCUT2D eigenvalue weighted by atomic mass is 10.1. The van der Waals surface area contributed by atoms with E-state index in [1.807, 2.05) is 0 Å². The van der Waals surface area contributed by atoms with Gasteiger partial charge in [0, 0.05) is 38.1 Å². The predicted octanol–water partition coefficient (Wildman–Crippen LogP) is 0.602. The minimum absolute atomic E-state index is 0.0639. The Labute approximate surface area is 117 Å². The largest absolute Gasteiger partial charge is 0.374 e. The fourth-order valence-electron chi connectivity index (χ4n) is 2.06. The highest BCUT2D eigenvalue weighted by molar-refractivity contribution is 5.76. The summed E-state index contributed by atoms with van der Waals surface area (Å²) in [5, 5.41) is 6.26. The van der Waals surface area contributed by atoms with Crippen LogP contribution in [0, 0.1) is 0 Å². The number of hydrogen-bond donors (Lipinski definition) is 2. The molecule has 0 saturated carbocycles. The predicted molar refractivity (Wildman–Crippen MR) is 77.2 cm³/mol. The highest BCUT2D eigenvalue weighted by Gasteiger charge is 2.19. The van der Waals surface area contributed by atoms with E-state index in [1.54, 1.807) is 0 Å². The van der Waals surface area contributed by atoms with Gasteiger partial charge in [-0.1, -0.05) is 6.92 Å². The van der Waals surface area contributed by atoms with Gasteiger partial charge in [0.2, 0.25) is 5.91 Å². The molecule has 0 aromatic rings. The minimum atomic E-state index is 0.0639. The maximum atomic E-state index is 11.7. The summed E-state index contributed by atoms with van der Waals surface area (Å²) in [7, 11) is 0. The van der Waals surface area contributed by atoms with Crippen LogP contribution in [-0.2, 0) is 9.53 Å². The van der Waals surface area contributed by atoms with Crippen molar-refractivity contribution < 1.29 is 9.53 Å². The molecule has 0 bridgehead atoms. The lowest BCUT2D eigenvalue weighted by Gasteiger charge is -2.32. The van der Waals surface area contributed by atoms with E-state index in [2.05, 4.69) is 43.2 Å². The second kappa shape index (κ2) is 7.82. The van der Waals surface area contributed by atoms with Crippen molar-refractivity contribution >= 4 is 5.91 Å². The van der Waals surface area contributed by atoms with E-state index < -0.39 is 0 Å². The zero-order valence-electron chi connectivity index (χ0n) is 12.8. The van der Waals surface area contributed by atoms with Crippen LogP contribution in [0.2, 0.25) is 0 Å². The average Bonchev–Trinajstić information content (AvgIpc) is 2.35. The Morgan fingerprint density at radius 3 is 2.79 bits per heavy atom. The number of nitrogens with one attached hydrogen (secondary N) is 2. The maximum absolute atomic E-state index is 11.7. The molecule has 1 atom stereocenters. The Morgan fingerprint density at radius 2 is 2.16 bits per heavy atom. The van der Waals surface area contributed by atoms with Crippen molar-refractivity contribution in [3.8, 4) is 0 Å². The highest BCUT2D eigenvalue weighted by Crippen LogP contribution is 2.03. The van der Waals surface area contributed by atoms with Gasteiger partial charge in [0.15, 0.2) is 0 Å². The van der Waals surface area contributed by atoms with E-state index in [-0.39, 0.29) is 17.6 Å². The van der Waals surface area contributed by atoms with Crippen molar-refractivity contribution in [2.45, 2.75) is 45.8 Å². The third-order valence-corrected chi connectivity index (χ3v) is 3.20. The van der Waals surface area contributed by atoms with Crippen LogP contribution in [0.3, 0.4) is 0 Å². The van der Waals surface area contributed by atoms with Gasteiger partial charge in [0.05, 0.1) is 12.7 Å². The lowest BCUT2D eigenvalue weighted by Crippen LogP contribution is -2.47. The van der Waals surface area contributed by atoms with Crippen LogP contribution in [0.4, 0.5) is 0 Å². The first-order valence-corrected chi connectivity index (χ1v) is 7.26. The van der Waals surface area contributed by atoms with Crippen LogP contribution < -0.4 is 10.6 Å². The third kappa shape index (κ3) is 7.50. The number of rotatable bonds is 6. The van der Waals surface area contributed by atoms with E-state index >= 15 is 0 Å². The summed E-state index contributed by atoms with van der Waals surface area (Å²) in [5.74, 6) is 0.0916. The van der Waals surface area contributed by atoms with Crippen molar-refractivity contribution in [2.75, 3.05) is 39.3 Å². The van der Waals surface area contributed by atoms with Crippen LogP contribution >= 0.6 is 0 Å². The molecule has 0 radical (unpaired) electrons. The molecular formula is C14H29N3O2. The molecule has 2 N–H and O–H groups in total. The van der Waals surface area contributed by atoms with Crippen molar-refractivity contribution in [1.82, 2.24) is 15.5 Å². The molecule has 1 unspecified atom stereocenters. The number of nitrogens with zero attached hydrogens (tertiary/aromatic N) is 1. The molecule has 0 aromatic heterocycles. The number of hydrogen-bond acceptors (Lipinski definition) is 4. The normalized spacial score (nSPS) is 21.4. The monoisotopic (exact) mass is 271 g/mol. The quantitative estimate of drug-likeness (QED) is 0.743. The van der Waals surface area contributed by atoms with Crippen LogP contribution in [0.1, 0.15) is 34.1 Å². The molecule has 112 valence electrons. The van der Waals surface area contributed by atoms with Crippen LogP contribution in [0.25, 0.3) is 0 Å². The summed E-state index contributed by atoms with van der Waals surface area (Å²) >= 11 is 0. The summed E-state index contributed by atoms with van der Waals surface area (Å²) in [5.41, 5.74) is 0.0639. The van der Waals surface area contributed by atoms with Gasteiger partial charge in [-0.3, -0.25) is 9.69 Å².